The molecule has 1 aliphatic heterocycles. The van der Waals surface area contributed by atoms with Crippen LogP contribution in [-0.2, 0) is 9.84 Å². The number of sulfone groups is 1. The van der Waals surface area contributed by atoms with Crippen molar-refractivity contribution in [2.75, 3.05) is 12.4 Å². The van der Waals surface area contributed by atoms with Gasteiger partial charge in [-0.15, -0.1) is 11.6 Å². The largest absolute Gasteiger partial charge is 0.493 e. The van der Waals surface area contributed by atoms with Crippen LogP contribution in [-0.4, -0.2) is 26.0 Å². The van der Waals surface area contributed by atoms with Gasteiger partial charge in [-0.05, 0) is 53.4 Å². The molecule has 20 heavy (non-hydrogen) atoms. The molecule has 0 radical (unpaired) electrons. The Kier molecular flexibility index (Phi) is 5.37. The molecule has 1 aromatic rings. The van der Waals surface area contributed by atoms with E-state index in [1.165, 1.54) is 0 Å². The van der Waals surface area contributed by atoms with Crippen molar-refractivity contribution in [3.63, 3.8) is 0 Å². The second-order valence-electron chi connectivity index (χ2n) is 4.93. The molecule has 1 aromatic carbocycles. The predicted octanol–water partition coefficient (Wildman–Crippen LogP) is 4.10. The molecule has 1 heterocycles. The highest BCUT2D eigenvalue weighted by Crippen LogP contribution is 2.38. The minimum atomic E-state index is -3.08. The van der Waals surface area contributed by atoms with Crippen LogP contribution in [0.4, 0.5) is 0 Å². The van der Waals surface area contributed by atoms with Gasteiger partial charge in [0, 0.05) is 0 Å². The zero-order valence-corrected chi connectivity index (χ0v) is 14.5. The molecular weight excluding hydrogens is 364 g/mol. The van der Waals surface area contributed by atoms with Crippen molar-refractivity contribution in [3.8, 4) is 5.75 Å². The summed E-state index contributed by atoms with van der Waals surface area (Å²) in [5.74, 6) is 0.991. The molecular formula is C14H18BrClO3S. The quantitative estimate of drug-likeness (QED) is 0.738. The van der Waals surface area contributed by atoms with Crippen LogP contribution in [0.25, 0.3) is 0 Å². The van der Waals surface area contributed by atoms with E-state index in [0.29, 0.717) is 13.0 Å². The highest BCUT2D eigenvalue weighted by molar-refractivity contribution is 9.10. The maximum atomic E-state index is 12.1. The first-order valence-corrected chi connectivity index (χ1v) is 9.68. The van der Waals surface area contributed by atoms with Crippen molar-refractivity contribution < 1.29 is 13.2 Å². The first kappa shape index (κ1) is 16.1. The maximum absolute atomic E-state index is 12.1. The SMILES string of the molecule is CCOc1ccc(C(Cl)C2CCCCS2(=O)=O)cc1Br. The van der Waals surface area contributed by atoms with Crippen LogP contribution in [0.5, 0.6) is 5.75 Å². The second kappa shape index (κ2) is 6.67. The number of hydrogen-bond donors (Lipinski definition) is 0. The fourth-order valence-corrected chi connectivity index (χ4v) is 5.68. The molecule has 0 N–H and O–H groups in total. The van der Waals surface area contributed by atoms with Crippen molar-refractivity contribution in [1.29, 1.82) is 0 Å². The van der Waals surface area contributed by atoms with E-state index in [4.69, 9.17) is 16.3 Å². The van der Waals surface area contributed by atoms with Gasteiger partial charge in [0.15, 0.2) is 9.84 Å². The Bertz CT molecular complexity index is 574. The molecule has 1 saturated heterocycles. The van der Waals surface area contributed by atoms with Gasteiger partial charge in [0.1, 0.15) is 5.75 Å². The van der Waals surface area contributed by atoms with Crippen LogP contribution in [0.2, 0.25) is 0 Å². The molecule has 1 aliphatic rings. The van der Waals surface area contributed by atoms with Gasteiger partial charge in [0.25, 0.3) is 0 Å². The third-order valence-corrected chi connectivity index (χ3v) is 7.14. The molecule has 2 rings (SSSR count). The lowest BCUT2D eigenvalue weighted by Gasteiger charge is -2.26. The molecule has 0 aromatic heterocycles. The Morgan fingerprint density at radius 1 is 1.45 bits per heavy atom. The van der Waals surface area contributed by atoms with Crippen LogP contribution < -0.4 is 4.74 Å². The number of halogens is 2. The average Bonchev–Trinajstić information content (AvgIpc) is 2.40. The van der Waals surface area contributed by atoms with Gasteiger partial charge in [-0.25, -0.2) is 8.42 Å². The van der Waals surface area contributed by atoms with E-state index in [9.17, 15) is 8.42 Å². The van der Waals surface area contributed by atoms with Crippen molar-refractivity contribution in [1.82, 2.24) is 0 Å². The van der Waals surface area contributed by atoms with E-state index in [-0.39, 0.29) is 5.75 Å². The smallest absolute Gasteiger partial charge is 0.154 e. The molecule has 6 heteroatoms. The summed E-state index contributed by atoms with van der Waals surface area (Å²) in [5.41, 5.74) is 0.817. The van der Waals surface area contributed by atoms with Crippen molar-refractivity contribution in [2.24, 2.45) is 0 Å². The minimum Gasteiger partial charge on any atom is -0.493 e. The summed E-state index contributed by atoms with van der Waals surface area (Å²) < 4.78 is 30.5. The lowest BCUT2D eigenvalue weighted by atomic mass is 10.0. The Morgan fingerprint density at radius 2 is 2.20 bits per heavy atom. The standard InChI is InChI=1S/C14H18BrClO3S/c1-2-19-12-7-6-10(9-11(12)15)14(16)13-5-3-4-8-20(13,17)18/h6-7,9,13-14H,2-5,8H2,1H3. The van der Waals surface area contributed by atoms with E-state index in [1.54, 1.807) is 0 Å². The van der Waals surface area contributed by atoms with Gasteiger partial charge in [-0.2, -0.15) is 0 Å². The average molecular weight is 382 g/mol. The number of ether oxygens (including phenoxy) is 1. The molecule has 3 nitrogen and oxygen atoms in total. The van der Waals surface area contributed by atoms with Gasteiger partial charge in [0.05, 0.1) is 27.5 Å². The van der Waals surface area contributed by atoms with Gasteiger partial charge in [0.2, 0.25) is 0 Å². The van der Waals surface area contributed by atoms with E-state index in [1.807, 2.05) is 25.1 Å². The summed E-state index contributed by atoms with van der Waals surface area (Å²) in [6, 6.07) is 5.53. The highest BCUT2D eigenvalue weighted by Gasteiger charge is 2.35. The van der Waals surface area contributed by atoms with E-state index in [0.717, 1.165) is 28.6 Å². The molecule has 0 bridgehead atoms. The van der Waals surface area contributed by atoms with Gasteiger partial charge in [-0.1, -0.05) is 12.5 Å². The van der Waals surface area contributed by atoms with Crippen LogP contribution in [0.15, 0.2) is 22.7 Å². The van der Waals surface area contributed by atoms with E-state index in [2.05, 4.69) is 15.9 Å². The number of hydrogen-bond acceptors (Lipinski definition) is 3. The second-order valence-corrected chi connectivity index (χ2v) is 8.59. The zero-order valence-electron chi connectivity index (χ0n) is 11.3. The molecule has 0 amide bonds. The summed E-state index contributed by atoms with van der Waals surface area (Å²) in [5, 5.41) is -0.991. The Morgan fingerprint density at radius 3 is 2.80 bits per heavy atom. The first-order chi connectivity index (χ1) is 9.45. The van der Waals surface area contributed by atoms with Crippen molar-refractivity contribution in [3.05, 3.63) is 28.2 Å². The van der Waals surface area contributed by atoms with Crippen molar-refractivity contribution in [2.45, 2.75) is 36.8 Å². The predicted molar refractivity (Wildman–Crippen MR) is 85.3 cm³/mol. The molecule has 112 valence electrons. The third kappa shape index (κ3) is 3.49. The molecule has 2 unspecified atom stereocenters. The van der Waals surface area contributed by atoms with Gasteiger partial charge in [-0.3, -0.25) is 0 Å². The fraction of sp³-hybridized carbons (Fsp3) is 0.571. The molecule has 2 atom stereocenters. The first-order valence-electron chi connectivity index (χ1n) is 6.73. The van der Waals surface area contributed by atoms with E-state index >= 15 is 0 Å². The van der Waals surface area contributed by atoms with Crippen LogP contribution in [0.1, 0.15) is 37.1 Å². The lowest BCUT2D eigenvalue weighted by molar-refractivity contribution is 0.338. The maximum Gasteiger partial charge on any atom is 0.154 e. The topological polar surface area (TPSA) is 43.4 Å². The number of rotatable bonds is 4. The Hall–Kier alpha value is -0.260. The lowest BCUT2D eigenvalue weighted by Crippen LogP contribution is -2.31. The molecule has 1 fully saturated rings. The van der Waals surface area contributed by atoms with Crippen LogP contribution >= 0.6 is 27.5 Å². The summed E-state index contributed by atoms with van der Waals surface area (Å²) in [6.45, 7) is 2.50. The molecule has 0 aliphatic carbocycles. The number of benzene rings is 1. The van der Waals surface area contributed by atoms with Crippen LogP contribution in [0, 0.1) is 0 Å². The van der Waals surface area contributed by atoms with Crippen LogP contribution in [0.3, 0.4) is 0 Å². The number of alkyl halides is 1. The molecule has 0 spiro atoms. The third-order valence-electron chi connectivity index (χ3n) is 3.53. The summed E-state index contributed by atoms with van der Waals surface area (Å²) in [4.78, 5) is 0. The normalized spacial score (nSPS) is 23.2. The van der Waals surface area contributed by atoms with Gasteiger partial charge >= 0.3 is 0 Å². The summed E-state index contributed by atoms with van der Waals surface area (Å²) >= 11 is 9.87. The Labute approximate surface area is 133 Å². The van der Waals surface area contributed by atoms with Crippen molar-refractivity contribution >= 4 is 37.4 Å². The zero-order chi connectivity index (χ0) is 14.8. The Balaban J connectivity index is 2.24. The fourth-order valence-electron chi connectivity index (χ4n) is 2.48. The highest BCUT2D eigenvalue weighted by atomic mass is 79.9. The summed E-state index contributed by atoms with van der Waals surface area (Å²) in [7, 11) is -3.08. The monoisotopic (exact) mass is 380 g/mol. The summed E-state index contributed by atoms with van der Waals surface area (Å²) in [6.07, 6.45) is 2.31. The minimum absolute atomic E-state index is 0.249. The van der Waals surface area contributed by atoms with Gasteiger partial charge < -0.3 is 4.74 Å². The van der Waals surface area contributed by atoms with E-state index < -0.39 is 20.5 Å². The molecule has 0 saturated carbocycles.